The molecule has 0 radical (unpaired) electrons. The summed E-state index contributed by atoms with van der Waals surface area (Å²) in [5.74, 6) is -0.792. The summed E-state index contributed by atoms with van der Waals surface area (Å²) in [5.41, 5.74) is 5.21. The van der Waals surface area contributed by atoms with Gasteiger partial charge < -0.3 is 15.2 Å². The molecule has 0 saturated carbocycles. The van der Waals surface area contributed by atoms with E-state index in [0.29, 0.717) is 32.4 Å². The van der Waals surface area contributed by atoms with Crippen molar-refractivity contribution in [3.63, 3.8) is 0 Å². The molecule has 0 aromatic heterocycles. The molecule has 1 heterocycles. The zero-order chi connectivity index (χ0) is 9.68. The van der Waals surface area contributed by atoms with Crippen LogP contribution in [0.5, 0.6) is 0 Å². The van der Waals surface area contributed by atoms with Gasteiger partial charge in [0, 0.05) is 12.8 Å². The predicted molar refractivity (Wildman–Crippen MR) is 43.7 cm³/mol. The van der Waals surface area contributed by atoms with Crippen LogP contribution in [0, 0.1) is 0 Å². The zero-order valence-electron chi connectivity index (χ0n) is 7.32. The van der Waals surface area contributed by atoms with Crippen LogP contribution in [-0.4, -0.2) is 31.2 Å². The molecule has 0 spiro atoms. The van der Waals surface area contributed by atoms with Crippen molar-refractivity contribution in [2.45, 2.75) is 25.4 Å². The largest absolute Gasteiger partial charge is 0.463 e. The molecular weight excluding hydrogens is 174 g/mol. The highest BCUT2D eigenvalue weighted by atomic mass is 16.6. The van der Waals surface area contributed by atoms with E-state index in [1.165, 1.54) is 0 Å². The first kappa shape index (κ1) is 9.98. The van der Waals surface area contributed by atoms with Crippen LogP contribution in [-0.2, 0) is 19.1 Å². The Labute approximate surface area is 76.2 Å². The Kier molecular flexibility index (Phi) is 3.70. The first-order valence-electron chi connectivity index (χ1n) is 4.30. The Balaban J connectivity index is 2.20. The number of esters is 2. The van der Waals surface area contributed by atoms with Crippen molar-refractivity contribution in [1.82, 2.24) is 0 Å². The van der Waals surface area contributed by atoms with Crippen LogP contribution in [0.15, 0.2) is 0 Å². The van der Waals surface area contributed by atoms with Gasteiger partial charge in [-0.3, -0.25) is 4.79 Å². The van der Waals surface area contributed by atoms with Crippen molar-refractivity contribution < 1.29 is 19.1 Å². The van der Waals surface area contributed by atoms with E-state index in [-0.39, 0.29) is 5.97 Å². The third-order valence-electron chi connectivity index (χ3n) is 1.74. The normalized spacial score (nSPS) is 21.3. The minimum absolute atomic E-state index is 0.295. The molecule has 1 unspecified atom stereocenters. The van der Waals surface area contributed by atoms with Crippen LogP contribution in [0.1, 0.15) is 19.3 Å². The number of cyclic esters (lactones) is 1. The lowest BCUT2D eigenvalue weighted by molar-refractivity contribution is -0.161. The zero-order valence-corrected chi connectivity index (χ0v) is 7.32. The Morgan fingerprint density at radius 1 is 1.69 bits per heavy atom. The maximum absolute atomic E-state index is 11.1. The van der Waals surface area contributed by atoms with Crippen molar-refractivity contribution in [2.75, 3.05) is 13.2 Å². The van der Waals surface area contributed by atoms with Gasteiger partial charge in [-0.2, -0.15) is 0 Å². The number of hydrogen-bond acceptors (Lipinski definition) is 5. The highest BCUT2D eigenvalue weighted by molar-refractivity contribution is 5.82. The first-order valence-corrected chi connectivity index (χ1v) is 4.30. The molecular formula is C8H13NO4. The third kappa shape index (κ3) is 3.02. The molecule has 5 heteroatoms. The van der Waals surface area contributed by atoms with Crippen molar-refractivity contribution in [1.29, 1.82) is 0 Å². The second-order valence-corrected chi connectivity index (χ2v) is 2.83. The average molecular weight is 187 g/mol. The van der Waals surface area contributed by atoms with Crippen LogP contribution in [0.25, 0.3) is 0 Å². The van der Waals surface area contributed by atoms with Gasteiger partial charge in [-0.15, -0.1) is 0 Å². The minimum atomic E-state index is -0.690. The van der Waals surface area contributed by atoms with E-state index in [1.54, 1.807) is 0 Å². The number of carbonyl (C=O) groups is 2. The Bertz CT molecular complexity index is 204. The maximum Gasteiger partial charge on any atom is 0.347 e. The molecule has 1 fully saturated rings. The topological polar surface area (TPSA) is 78.6 Å². The molecule has 5 nitrogen and oxygen atoms in total. The fourth-order valence-electron chi connectivity index (χ4n) is 1.04. The maximum atomic E-state index is 11.1. The summed E-state index contributed by atoms with van der Waals surface area (Å²) in [7, 11) is 0. The molecule has 0 aromatic carbocycles. The number of ether oxygens (including phenoxy) is 2. The molecule has 1 saturated heterocycles. The summed E-state index contributed by atoms with van der Waals surface area (Å²) < 4.78 is 9.53. The van der Waals surface area contributed by atoms with Gasteiger partial charge in [-0.1, -0.05) is 0 Å². The van der Waals surface area contributed by atoms with Gasteiger partial charge in [-0.25, -0.2) is 4.79 Å². The summed E-state index contributed by atoms with van der Waals surface area (Å²) in [6.45, 7) is 0.779. The van der Waals surface area contributed by atoms with Gasteiger partial charge in [0.2, 0.25) is 0 Å². The van der Waals surface area contributed by atoms with E-state index in [9.17, 15) is 9.59 Å². The minimum Gasteiger partial charge on any atom is -0.463 e. The Morgan fingerprint density at radius 2 is 2.46 bits per heavy atom. The predicted octanol–water partition coefficient (Wildman–Crippen LogP) is -0.416. The van der Waals surface area contributed by atoms with Crippen molar-refractivity contribution >= 4 is 11.9 Å². The molecule has 0 aliphatic carbocycles. The molecule has 74 valence electrons. The smallest absolute Gasteiger partial charge is 0.347 e. The molecule has 1 atom stereocenters. The molecule has 1 rings (SSSR count). The summed E-state index contributed by atoms with van der Waals surface area (Å²) in [5, 5.41) is 0. The molecule has 13 heavy (non-hydrogen) atoms. The SMILES string of the molecule is NCCCOC(=O)C1CCC(=O)O1. The van der Waals surface area contributed by atoms with Crippen LogP contribution in [0.3, 0.4) is 0 Å². The monoisotopic (exact) mass is 187 g/mol. The highest BCUT2D eigenvalue weighted by Gasteiger charge is 2.30. The first-order chi connectivity index (χ1) is 6.24. The second-order valence-electron chi connectivity index (χ2n) is 2.83. The van der Waals surface area contributed by atoms with E-state index >= 15 is 0 Å². The van der Waals surface area contributed by atoms with Crippen molar-refractivity contribution in [3.05, 3.63) is 0 Å². The molecule has 0 bridgehead atoms. The number of nitrogens with two attached hydrogens (primary N) is 1. The van der Waals surface area contributed by atoms with E-state index in [0.717, 1.165) is 0 Å². The number of hydrogen-bond donors (Lipinski definition) is 1. The van der Waals surface area contributed by atoms with E-state index in [2.05, 4.69) is 0 Å². The van der Waals surface area contributed by atoms with Gasteiger partial charge in [0.15, 0.2) is 6.10 Å². The summed E-state index contributed by atoms with van der Waals surface area (Å²) in [6, 6.07) is 0. The lowest BCUT2D eigenvalue weighted by Gasteiger charge is -2.08. The average Bonchev–Trinajstić information content (AvgIpc) is 2.52. The molecule has 0 aromatic rings. The lowest BCUT2D eigenvalue weighted by atomic mass is 10.2. The Morgan fingerprint density at radius 3 is 3.00 bits per heavy atom. The molecule has 2 N–H and O–H groups in total. The van der Waals surface area contributed by atoms with E-state index < -0.39 is 12.1 Å². The van der Waals surface area contributed by atoms with Gasteiger partial charge in [0.1, 0.15) is 0 Å². The van der Waals surface area contributed by atoms with Crippen LogP contribution in [0.2, 0.25) is 0 Å². The standard InChI is InChI=1S/C8H13NO4/c9-4-1-5-12-8(11)6-2-3-7(10)13-6/h6H,1-5,9H2. The van der Waals surface area contributed by atoms with Crippen LogP contribution >= 0.6 is 0 Å². The summed E-state index contributed by atoms with van der Waals surface area (Å²) in [4.78, 5) is 21.8. The van der Waals surface area contributed by atoms with Gasteiger partial charge in [0.25, 0.3) is 0 Å². The van der Waals surface area contributed by atoms with Crippen LogP contribution < -0.4 is 5.73 Å². The molecule has 1 aliphatic rings. The number of rotatable bonds is 4. The molecule has 0 amide bonds. The highest BCUT2D eigenvalue weighted by Crippen LogP contribution is 2.14. The fourth-order valence-corrected chi connectivity index (χ4v) is 1.04. The summed E-state index contributed by atoms with van der Waals surface area (Å²) >= 11 is 0. The number of carbonyl (C=O) groups excluding carboxylic acids is 2. The van der Waals surface area contributed by atoms with Crippen molar-refractivity contribution in [3.8, 4) is 0 Å². The Hall–Kier alpha value is -1.10. The third-order valence-corrected chi connectivity index (χ3v) is 1.74. The summed E-state index contributed by atoms with van der Waals surface area (Å²) in [6.07, 6.45) is 0.675. The van der Waals surface area contributed by atoms with E-state index in [1.807, 2.05) is 0 Å². The quantitative estimate of drug-likeness (QED) is 0.478. The van der Waals surface area contributed by atoms with Crippen LogP contribution in [0.4, 0.5) is 0 Å². The lowest BCUT2D eigenvalue weighted by Crippen LogP contribution is -2.23. The van der Waals surface area contributed by atoms with E-state index in [4.69, 9.17) is 15.2 Å². The van der Waals surface area contributed by atoms with Gasteiger partial charge in [-0.05, 0) is 13.0 Å². The van der Waals surface area contributed by atoms with Gasteiger partial charge in [0.05, 0.1) is 6.61 Å². The fraction of sp³-hybridized carbons (Fsp3) is 0.750. The van der Waals surface area contributed by atoms with Crippen molar-refractivity contribution in [2.24, 2.45) is 5.73 Å². The van der Waals surface area contributed by atoms with Gasteiger partial charge >= 0.3 is 11.9 Å². The second kappa shape index (κ2) is 4.81. The molecule has 1 aliphatic heterocycles.